The third-order valence-corrected chi connectivity index (χ3v) is 7.04. The van der Waals surface area contributed by atoms with Crippen LogP contribution < -0.4 is 5.73 Å². The average molecular weight is 347 g/mol. The van der Waals surface area contributed by atoms with Gasteiger partial charge in [0.15, 0.2) is 0 Å². The predicted octanol–water partition coefficient (Wildman–Crippen LogP) is 2.58. The number of carbonyl (C=O) groups excluding carboxylic acids is 1. The van der Waals surface area contributed by atoms with Gasteiger partial charge in [-0.05, 0) is 69.4 Å². The summed E-state index contributed by atoms with van der Waals surface area (Å²) < 4.78 is 1.92. The van der Waals surface area contributed by atoms with E-state index in [9.17, 15) is 4.79 Å². The molecule has 1 amide bonds. The molecule has 1 saturated heterocycles. The lowest BCUT2D eigenvalue weighted by Crippen LogP contribution is -2.47. The van der Waals surface area contributed by atoms with Gasteiger partial charge in [0, 0.05) is 31.7 Å². The summed E-state index contributed by atoms with van der Waals surface area (Å²) in [5, 5.41) is 4.48. The van der Waals surface area contributed by atoms with Gasteiger partial charge in [-0.2, -0.15) is 5.10 Å². The highest BCUT2D eigenvalue weighted by Crippen LogP contribution is 2.50. The van der Waals surface area contributed by atoms with Crippen LogP contribution >= 0.6 is 0 Å². The van der Waals surface area contributed by atoms with Crippen LogP contribution in [-0.4, -0.2) is 40.2 Å². The van der Waals surface area contributed by atoms with Crippen molar-refractivity contribution in [3.05, 3.63) is 17.0 Å². The first-order valence-corrected chi connectivity index (χ1v) is 9.86. The summed E-state index contributed by atoms with van der Waals surface area (Å²) in [6.45, 7) is 8.82. The number of amides is 1. The SMILES string of the molecule is Cc1nn(C)c(C)c1CC(C)C(=O)N1CCC2(CCCC2CN)CC1. The second kappa shape index (κ2) is 7.10. The number of rotatable bonds is 4. The molecule has 1 spiro atoms. The fraction of sp³-hybridized carbons (Fsp3) is 0.800. The summed E-state index contributed by atoms with van der Waals surface area (Å²) in [6.07, 6.45) is 6.96. The monoisotopic (exact) mass is 346 g/mol. The zero-order valence-corrected chi connectivity index (χ0v) is 16.3. The second-order valence-electron chi connectivity index (χ2n) is 8.39. The zero-order valence-electron chi connectivity index (χ0n) is 16.3. The van der Waals surface area contributed by atoms with Gasteiger partial charge in [-0.1, -0.05) is 13.3 Å². The van der Waals surface area contributed by atoms with Crippen LogP contribution in [0.25, 0.3) is 0 Å². The molecule has 2 atom stereocenters. The van der Waals surface area contributed by atoms with Gasteiger partial charge < -0.3 is 10.6 Å². The summed E-state index contributed by atoms with van der Waals surface area (Å²) in [5.41, 5.74) is 9.89. The molecular formula is C20H34N4O. The van der Waals surface area contributed by atoms with Gasteiger partial charge in [0.2, 0.25) is 5.91 Å². The van der Waals surface area contributed by atoms with E-state index in [4.69, 9.17) is 5.73 Å². The lowest BCUT2D eigenvalue weighted by molar-refractivity contribution is -0.137. The molecule has 1 aliphatic heterocycles. The number of piperidine rings is 1. The first-order chi connectivity index (χ1) is 11.9. The number of carbonyl (C=O) groups is 1. The van der Waals surface area contributed by atoms with E-state index in [1.54, 1.807) is 0 Å². The third kappa shape index (κ3) is 3.35. The largest absolute Gasteiger partial charge is 0.342 e. The fourth-order valence-corrected chi connectivity index (χ4v) is 5.23. The van der Waals surface area contributed by atoms with Crippen molar-refractivity contribution in [2.75, 3.05) is 19.6 Å². The van der Waals surface area contributed by atoms with E-state index in [1.807, 2.05) is 18.7 Å². The molecule has 1 saturated carbocycles. The molecule has 2 unspecified atom stereocenters. The van der Waals surface area contributed by atoms with E-state index < -0.39 is 0 Å². The molecule has 2 aliphatic rings. The van der Waals surface area contributed by atoms with Crippen LogP contribution in [0.5, 0.6) is 0 Å². The highest BCUT2D eigenvalue weighted by molar-refractivity contribution is 5.79. The van der Waals surface area contributed by atoms with E-state index in [0.717, 1.165) is 44.6 Å². The molecule has 1 aliphatic carbocycles. The number of hydrogen-bond acceptors (Lipinski definition) is 3. The highest BCUT2D eigenvalue weighted by atomic mass is 16.2. The van der Waals surface area contributed by atoms with Crippen LogP contribution in [-0.2, 0) is 18.3 Å². The van der Waals surface area contributed by atoms with Gasteiger partial charge in [-0.25, -0.2) is 0 Å². The lowest BCUT2D eigenvalue weighted by Gasteiger charge is -2.43. The first-order valence-electron chi connectivity index (χ1n) is 9.86. The Morgan fingerprint density at radius 3 is 2.56 bits per heavy atom. The molecule has 0 aromatic carbocycles. The average Bonchev–Trinajstić information content (AvgIpc) is 3.10. The van der Waals surface area contributed by atoms with Crippen molar-refractivity contribution in [2.45, 2.75) is 59.3 Å². The highest BCUT2D eigenvalue weighted by Gasteiger charge is 2.44. The third-order valence-electron chi connectivity index (χ3n) is 7.04. The van der Waals surface area contributed by atoms with Crippen molar-refractivity contribution in [3.63, 3.8) is 0 Å². The van der Waals surface area contributed by atoms with E-state index >= 15 is 0 Å². The van der Waals surface area contributed by atoms with Crippen LogP contribution in [0.3, 0.4) is 0 Å². The first kappa shape index (κ1) is 18.4. The predicted molar refractivity (Wildman–Crippen MR) is 100 cm³/mol. The Labute approximate surface area is 151 Å². The van der Waals surface area contributed by atoms with Crippen molar-refractivity contribution in [2.24, 2.45) is 30.0 Å². The summed E-state index contributed by atoms with van der Waals surface area (Å²) in [4.78, 5) is 15.1. The van der Waals surface area contributed by atoms with Crippen molar-refractivity contribution < 1.29 is 4.79 Å². The molecule has 5 heteroatoms. The number of likely N-dealkylation sites (tertiary alicyclic amines) is 1. The summed E-state index contributed by atoms with van der Waals surface area (Å²) in [6, 6.07) is 0. The maximum atomic E-state index is 13.0. The van der Waals surface area contributed by atoms with Crippen LogP contribution in [0.1, 0.15) is 56.0 Å². The molecule has 1 aromatic heterocycles. The van der Waals surface area contributed by atoms with Crippen molar-refractivity contribution >= 4 is 5.91 Å². The summed E-state index contributed by atoms with van der Waals surface area (Å²) in [7, 11) is 1.97. The Morgan fingerprint density at radius 2 is 2.00 bits per heavy atom. The molecular weight excluding hydrogens is 312 g/mol. The molecule has 0 bridgehead atoms. The van der Waals surface area contributed by atoms with E-state index in [2.05, 4.69) is 23.8 Å². The molecule has 140 valence electrons. The standard InChI is InChI=1S/C20H34N4O/c1-14(12-18-15(2)22-23(4)16(18)3)19(25)24-10-8-20(9-11-24)7-5-6-17(20)13-21/h14,17H,5-13,21H2,1-4H3. The second-order valence-corrected chi connectivity index (χ2v) is 8.39. The molecule has 2 heterocycles. The Hall–Kier alpha value is -1.36. The quantitative estimate of drug-likeness (QED) is 0.911. The Balaban J connectivity index is 1.60. The van der Waals surface area contributed by atoms with Crippen molar-refractivity contribution in [1.29, 1.82) is 0 Å². The van der Waals surface area contributed by atoms with Gasteiger partial charge >= 0.3 is 0 Å². The van der Waals surface area contributed by atoms with Crippen LogP contribution in [0.4, 0.5) is 0 Å². The minimum Gasteiger partial charge on any atom is -0.342 e. The molecule has 1 aromatic rings. The van der Waals surface area contributed by atoms with Crippen molar-refractivity contribution in [3.8, 4) is 0 Å². The van der Waals surface area contributed by atoms with E-state index in [0.29, 0.717) is 17.2 Å². The minimum absolute atomic E-state index is 0.0181. The normalized spacial score (nSPS) is 24.0. The van der Waals surface area contributed by atoms with Gasteiger partial charge in [-0.3, -0.25) is 9.48 Å². The lowest BCUT2D eigenvalue weighted by atomic mass is 9.70. The number of nitrogens with zero attached hydrogens (tertiary/aromatic N) is 3. The number of hydrogen-bond donors (Lipinski definition) is 1. The molecule has 2 fully saturated rings. The van der Waals surface area contributed by atoms with Crippen LogP contribution in [0, 0.1) is 31.1 Å². The zero-order chi connectivity index (χ0) is 18.2. The number of nitrogens with two attached hydrogens (primary N) is 1. The van der Waals surface area contributed by atoms with Gasteiger partial charge in [0.25, 0.3) is 0 Å². The van der Waals surface area contributed by atoms with Crippen molar-refractivity contribution in [1.82, 2.24) is 14.7 Å². The van der Waals surface area contributed by atoms with Crippen LogP contribution in [0.2, 0.25) is 0 Å². The Morgan fingerprint density at radius 1 is 1.32 bits per heavy atom. The molecule has 5 nitrogen and oxygen atoms in total. The smallest absolute Gasteiger partial charge is 0.225 e. The van der Waals surface area contributed by atoms with E-state index in [1.165, 1.54) is 30.5 Å². The maximum Gasteiger partial charge on any atom is 0.225 e. The number of aryl methyl sites for hydroxylation is 2. The maximum absolute atomic E-state index is 13.0. The fourth-order valence-electron chi connectivity index (χ4n) is 5.23. The summed E-state index contributed by atoms with van der Waals surface area (Å²) >= 11 is 0. The van der Waals surface area contributed by atoms with Gasteiger partial charge in [-0.15, -0.1) is 0 Å². The topological polar surface area (TPSA) is 64.2 Å². The Bertz CT molecular complexity index is 628. The summed E-state index contributed by atoms with van der Waals surface area (Å²) in [5.74, 6) is 0.993. The number of aromatic nitrogens is 2. The van der Waals surface area contributed by atoms with Gasteiger partial charge in [0.05, 0.1) is 5.69 Å². The van der Waals surface area contributed by atoms with Gasteiger partial charge in [0.1, 0.15) is 0 Å². The Kier molecular flexibility index (Phi) is 5.24. The molecule has 0 radical (unpaired) electrons. The molecule has 2 N–H and O–H groups in total. The minimum atomic E-state index is 0.0181. The molecule has 25 heavy (non-hydrogen) atoms. The molecule has 3 rings (SSSR count). The van der Waals surface area contributed by atoms with Crippen LogP contribution in [0.15, 0.2) is 0 Å². The van der Waals surface area contributed by atoms with E-state index in [-0.39, 0.29) is 5.92 Å².